The Bertz CT molecular complexity index is 744. The fourth-order valence-corrected chi connectivity index (χ4v) is 8.62. The first kappa shape index (κ1) is 49.2. The predicted octanol–water partition coefficient (Wildman–Crippen LogP) is 18.8. The van der Waals surface area contributed by atoms with Crippen molar-refractivity contribution in [3.8, 4) is 0 Å². The third-order valence-electron chi connectivity index (χ3n) is 12.2. The number of aryl methyl sites for hydroxylation is 2. The highest BCUT2D eigenvalue weighted by atomic mass is 14.1. The van der Waals surface area contributed by atoms with Gasteiger partial charge in [-0.15, -0.1) is 0 Å². The standard InChI is InChI=1S/C52H97/c1-4-7-9-11-13-15-17-19-21-23-25-27-29-31-33-35-37-39-41-43-46-50-48-45-49-51(52(50)6-3)47-44-42-40-38-36-34-32-30-28-26-24-22-20-18-16-14-12-10-8-5-2/h45,48-49H,3-44,46-47H2,1-2H3. The van der Waals surface area contributed by atoms with Crippen LogP contribution in [0.25, 0.3) is 0 Å². The van der Waals surface area contributed by atoms with E-state index in [1.807, 2.05) is 0 Å². The normalized spacial score (nSPS) is 11.6. The summed E-state index contributed by atoms with van der Waals surface area (Å²) in [6.07, 6.45) is 61.6. The number of unbranched alkanes of at least 4 members (excludes halogenated alkanes) is 38. The molecule has 0 N–H and O–H groups in total. The Morgan fingerprint density at radius 2 is 0.481 bits per heavy atom. The van der Waals surface area contributed by atoms with Gasteiger partial charge >= 0.3 is 0 Å². The average Bonchev–Trinajstić information content (AvgIpc) is 3.16. The molecule has 0 saturated heterocycles. The van der Waals surface area contributed by atoms with E-state index in [2.05, 4.69) is 39.0 Å². The number of hydrogen-bond acceptors (Lipinski definition) is 0. The third kappa shape index (κ3) is 32.6. The minimum Gasteiger partial charge on any atom is -0.0654 e. The monoisotopic (exact) mass is 722 g/mol. The molecular weight excluding hydrogens is 625 g/mol. The first-order chi connectivity index (χ1) is 25.8. The van der Waals surface area contributed by atoms with Crippen molar-refractivity contribution < 1.29 is 0 Å². The lowest BCUT2D eigenvalue weighted by Crippen LogP contribution is -2.00. The van der Waals surface area contributed by atoms with Crippen LogP contribution < -0.4 is 0 Å². The molecule has 1 radical (unpaired) electrons. The minimum absolute atomic E-state index is 0.962. The summed E-state index contributed by atoms with van der Waals surface area (Å²) in [6, 6.07) is 7.13. The summed E-state index contributed by atoms with van der Waals surface area (Å²) < 4.78 is 0. The van der Waals surface area contributed by atoms with Crippen LogP contribution in [0, 0.1) is 6.92 Å². The molecule has 0 aromatic heterocycles. The van der Waals surface area contributed by atoms with Gasteiger partial charge in [0.05, 0.1) is 0 Å². The Balaban J connectivity index is 1.91. The van der Waals surface area contributed by atoms with Crippen LogP contribution in [-0.4, -0.2) is 0 Å². The highest BCUT2D eigenvalue weighted by molar-refractivity contribution is 5.36. The topological polar surface area (TPSA) is 0 Å². The molecule has 0 nitrogen and oxygen atoms in total. The lowest BCUT2D eigenvalue weighted by atomic mass is 9.92. The van der Waals surface area contributed by atoms with Crippen molar-refractivity contribution in [2.75, 3.05) is 0 Å². The van der Waals surface area contributed by atoms with Gasteiger partial charge in [0.25, 0.3) is 0 Å². The van der Waals surface area contributed by atoms with Gasteiger partial charge in [-0.3, -0.25) is 0 Å². The minimum atomic E-state index is 0.962. The molecule has 0 unspecified atom stereocenters. The van der Waals surface area contributed by atoms with Gasteiger partial charge in [-0.25, -0.2) is 0 Å². The molecule has 0 heteroatoms. The smallest absolute Gasteiger partial charge is 0.0273 e. The summed E-state index contributed by atoms with van der Waals surface area (Å²) >= 11 is 0. The summed E-state index contributed by atoms with van der Waals surface area (Å²) in [7, 11) is 0. The number of benzene rings is 1. The molecule has 0 amide bonds. The lowest BCUT2D eigenvalue weighted by Gasteiger charge is -2.14. The van der Waals surface area contributed by atoms with Crippen molar-refractivity contribution in [2.24, 2.45) is 0 Å². The molecule has 1 rings (SSSR count). The number of hydrogen-bond donors (Lipinski definition) is 0. The van der Waals surface area contributed by atoms with E-state index in [1.54, 1.807) is 16.7 Å². The SMILES string of the molecule is [CH2]Cc1c(CCCCCCCCCCCCCCCCCCCCCC)cccc1CCCCCCCCCCCCCCCCCCCCCC. The third-order valence-corrected chi connectivity index (χ3v) is 12.2. The van der Waals surface area contributed by atoms with Crippen LogP contribution in [0.3, 0.4) is 0 Å². The van der Waals surface area contributed by atoms with Crippen molar-refractivity contribution >= 4 is 0 Å². The molecule has 0 saturated carbocycles. The van der Waals surface area contributed by atoms with Crippen LogP contribution in [0.15, 0.2) is 18.2 Å². The van der Waals surface area contributed by atoms with Crippen LogP contribution >= 0.6 is 0 Å². The Labute approximate surface area is 330 Å². The maximum Gasteiger partial charge on any atom is -0.0273 e. The molecule has 305 valence electrons. The molecule has 0 aliphatic carbocycles. The fraction of sp³-hybridized carbons (Fsp3) is 0.865. The Hall–Kier alpha value is -0.780. The molecule has 1 aromatic rings. The molecule has 1 aromatic carbocycles. The summed E-state index contributed by atoms with van der Waals surface area (Å²) in [6.45, 7) is 8.97. The second kappa shape index (κ2) is 41.4. The van der Waals surface area contributed by atoms with E-state index >= 15 is 0 Å². The lowest BCUT2D eigenvalue weighted by molar-refractivity contribution is 0.521. The van der Waals surface area contributed by atoms with Crippen LogP contribution in [0.2, 0.25) is 0 Å². The van der Waals surface area contributed by atoms with Gasteiger partial charge < -0.3 is 0 Å². The largest absolute Gasteiger partial charge is 0.0654 e. The van der Waals surface area contributed by atoms with E-state index in [9.17, 15) is 0 Å². The molecule has 0 atom stereocenters. The van der Waals surface area contributed by atoms with Crippen LogP contribution in [0.1, 0.15) is 287 Å². The van der Waals surface area contributed by atoms with Crippen molar-refractivity contribution in [2.45, 2.75) is 290 Å². The van der Waals surface area contributed by atoms with E-state index in [4.69, 9.17) is 0 Å². The van der Waals surface area contributed by atoms with Gasteiger partial charge in [-0.1, -0.05) is 276 Å². The highest BCUT2D eigenvalue weighted by Gasteiger charge is 2.07. The molecule has 0 bridgehead atoms. The Morgan fingerprint density at radius 3 is 0.673 bits per heavy atom. The van der Waals surface area contributed by atoms with Crippen molar-refractivity contribution in [3.05, 3.63) is 41.8 Å². The van der Waals surface area contributed by atoms with Crippen molar-refractivity contribution in [3.63, 3.8) is 0 Å². The fourth-order valence-electron chi connectivity index (χ4n) is 8.62. The summed E-state index contributed by atoms with van der Waals surface area (Å²) in [4.78, 5) is 0. The summed E-state index contributed by atoms with van der Waals surface area (Å²) in [5.41, 5.74) is 4.78. The van der Waals surface area contributed by atoms with Crippen LogP contribution in [-0.2, 0) is 19.3 Å². The first-order valence-corrected chi connectivity index (χ1v) is 24.7. The Morgan fingerprint density at radius 1 is 0.288 bits per heavy atom. The van der Waals surface area contributed by atoms with E-state index in [-0.39, 0.29) is 0 Å². The van der Waals surface area contributed by atoms with Gasteiger partial charge in [0.1, 0.15) is 0 Å². The zero-order valence-electron chi connectivity index (χ0n) is 36.3. The highest BCUT2D eigenvalue weighted by Crippen LogP contribution is 2.22. The Kier molecular flexibility index (Phi) is 39.2. The molecule has 0 aliphatic heterocycles. The number of rotatable bonds is 43. The van der Waals surface area contributed by atoms with Crippen LogP contribution in [0.4, 0.5) is 0 Å². The van der Waals surface area contributed by atoms with Gasteiger partial charge in [0, 0.05) is 0 Å². The maximum absolute atomic E-state index is 4.35. The molecule has 52 heavy (non-hydrogen) atoms. The molecule has 0 aliphatic rings. The van der Waals surface area contributed by atoms with E-state index < -0.39 is 0 Å². The van der Waals surface area contributed by atoms with Crippen molar-refractivity contribution in [1.29, 1.82) is 0 Å². The van der Waals surface area contributed by atoms with E-state index in [0.29, 0.717) is 0 Å². The van der Waals surface area contributed by atoms with E-state index in [1.165, 1.54) is 270 Å². The average molecular weight is 722 g/mol. The second-order valence-electron chi connectivity index (χ2n) is 17.2. The van der Waals surface area contributed by atoms with Gasteiger partial charge in [0.2, 0.25) is 0 Å². The zero-order chi connectivity index (χ0) is 37.3. The summed E-state index contributed by atoms with van der Waals surface area (Å²) in [5.74, 6) is 0. The van der Waals surface area contributed by atoms with E-state index in [0.717, 1.165) is 6.42 Å². The summed E-state index contributed by atoms with van der Waals surface area (Å²) in [5, 5.41) is 0. The first-order valence-electron chi connectivity index (χ1n) is 24.7. The van der Waals surface area contributed by atoms with Crippen LogP contribution in [0.5, 0.6) is 0 Å². The quantitative estimate of drug-likeness (QED) is 0.0589. The van der Waals surface area contributed by atoms with Gasteiger partial charge in [-0.05, 0) is 55.7 Å². The molecule has 0 fully saturated rings. The predicted molar refractivity (Wildman–Crippen MR) is 239 cm³/mol. The zero-order valence-corrected chi connectivity index (χ0v) is 36.3. The second-order valence-corrected chi connectivity index (χ2v) is 17.2. The maximum atomic E-state index is 4.35. The molecule has 0 heterocycles. The van der Waals surface area contributed by atoms with Gasteiger partial charge in [0.15, 0.2) is 0 Å². The van der Waals surface area contributed by atoms with Gasteiger partial charge in [-0.2, -0.15) is 0 Å². The van der Waals surface area contributed by atoms with Crippen molar-refractivity contribution in [1.82, 2.24) is 0 Å². The molecule has 0 spiro atoms. The molecular formula is C52H97.